The maximum absolute atomic E-state index is 5.24. The number of unbranched alkanes of at least 4 members (excludes halogenated alkanes) is 1. The van der Waals surface area contributed by atoms with E-state index in [1.54, 1.807) is 7.11 Å². The Morgan fingerprint density at radius 1 is 1.37 bits per heavy atom. The quantitative estimate of drug-likeness (QED) is 0.776. The predicted octanol–water partition coefficient (Wildman–Crippen LogP) is 3.15. The zero-order valence-electron chi connectivity index (χ0n) is 11.6. The van der Waals surface area contributed by atoms with Crippen molar-refractivity contribution in [2.24, 2.45) is 0 Å². The van der Waals surface area contributed by atoms with Gasteiger partial charge in [-0.3, -0.25) is 0 Å². The van der Waals surface area contributed by atoms with Gasteiger partial charge in [0, 0.05) is 18.9 Å². The van der Waals surface area contributed by atoms with Crippen molar-refractivity contribution < 1.29 is 4.74 Å². The molecule has 0 atom stereocenters. The summed E-state index contributed by atoms with van der Waals surface area (Å²) in [7, 11) is 1.69. The zero-order valence-corrected chi connectivity index (χ0v) is 11.6. The van der Waals surface area contributed by atoms with Gasteiger partial charge in [-0.2, -0.15) is 0 Å². The van der Waals surface area contributed by atoms with Crippen LogP contribution in [0, 0.1) is 0 Å². The van der Waals surface area contributed by atoms with E-state index in [0.29, 0.717) is 0 Å². The Balaban J connectivity index is 2.03. The minimum Gasteiger partial charge on any atom is -0.497 e. The molecule has 1 aromatic heterocycles. The summed E-state index contributed by atoms with van der Waals surface area (Å²) in [6, 6.07) is 8.11. The summed E-state index contributed by atoms with van der Waals surface area (Å²) in [6.07, 6.45) is 6.16. The van der Waals surface area contributed by atoms with E-state index >= 15 is 0 Å². The van der Waals surface area contributed by atoms with Crippen LogP contribution in [0.1, 0.15) is 25.3 Å². The molecule has 1 N–H and O–H groups in total. The summed E-state index contributed by atoms with van der Waals surface area (Å²) in [4.78, 5) is 4.35. The van der Waals surface area contributed by atoms with E-state index in [-0.39, 0.29) is 0 Å². The van der Waals surface area contributed by atoms with Crippen molar-refractivity contribution in [2.45, 2.75) is 26.3 Å². The van der Waals surface area contributed by atoms with Gasteiger partial charge < -0.3 is 14.6 Å². The second-order valence-electron chi connectivity index (χ2n) is 4.51. The van der Waals surface area contributed by atoms with E-state index in [1.807, 2.05) is 24.5 Å². The largest absolute Gasteiger partial charge is 0.497 e. The van der Waals surface area contributed by atoms with Crippen LogP contribution >= 0.6 is 0 Å². The maximum Gasteiger partial charge on any atom is 0.203 e. The summed E-state index contributed by atoms with van der Waals surface area (Å²) in [5, 5.41) is 3.36. The molecule has 0 spiro atoms. The molecule has 0 saturated carbocycles. The molecule has 0 saturated heterocycles. The van der Waals surface area contributed by atoms with Gasteiger partial charge in [-0.25, -0.2) is 4.98 Å². The lowest BCUT2D eigenvalue weighted by Gasteiger charge is -2.10. The molecule has 2 aromatic rings. The first-order valence-corrected chi connectivity index (χ1v) is 6.71. The van der Waals surface area contributed by atoms with E-state index in [2.05, 4.69) is 33.9 Å². The van der Waals surface area contributed by atoms with Crippen molar-refractivity contribution in [3.63, 3.8) is 0 Å². The van der Waals surface area contributed by atoms with Crippen molar-refractivity contribution in [1.82, 2.24) is 9.55 Å². The number of imidazole rings is 1. The number of aromatic nitrogens is 2. The Kier molecular flexibility index (Phi) is 4.84. The highest BCUT2D eigenvalue weighted by Crippen LogP contribution is 2.15. The fourth-order valence-corrected chi connectivity index (χ4v) is 1.95. The normalized spacial score (nSPS) is 10.4. The fraction of sp³-hybridized carbons (Fsp3) is 0.400. The summed E-state index contributed by atoms with van der Waals surface area (Å²) >= 11 is 0. The molecule has 1 heterocycles. The number of anilines is 1. The standard InChI is InChI=1S/C15H21N3O/c1-3-4-8-16-15-17-9-10-18(15)12-13-6-5-7-14(11-13)19-2/h5-7,9-11H,3-4,8,12H2,1-2H3,(H,16,17). The van der Waals surface area contributed by atoms with Crippen molar-refractivity contribution >= 4 is 5.95 Å². The molecule has 0 aliphatic carbocycles. The van der Waals surface area contributed by atoms with E-state index < -0.39 is 0 Å². The number of methoxy groups -OCH3 is 1. The van der Waals surface area contributed by atoms with Gasteiger partial charge in [-0.15, -0.1) is 0 Å². The number of hydrogen-bond donors (Lipinski definition) is 1. The Hall–Kier alpha value is -1.97. The van der Waals surface area contributed by atoms with Crippen LogP contribution in [-0.2, 0) is 6.54 Å². The highest BCUT2D eigenvalue weighted by molar-refractivity contribution is 5.31. The smallest absolute Gasteiger partial charge is 0.203 e. The fourth-order valence-electron chi connectivity index (χ4n) is 1.95. The lowest BCUT2D eigenvalue weighted by Crippen LogP contribution is -2.09. The van der Waals surface area contributed by atoms with E-state index in [9.17, 15) is 0 Å². The SMILES string of the molecule is CCCCNc1nccn1Cc1cccc(OC)c1. The van der Waals surface area contributed by atoms with Crippen molar-refractivity contribution in [3.05, 3.63) is 42.2 Å². The first-order chi connectivity index (χ1) is 9.33. The summed E-state index contributed by atoms with van der Waals surface area (Å²) < 4.78 is 7.36. The predicted molar refractivity (Wildman–Crippen MR) is 77.7 cm³/mol. The lowest BCUT2D eigenvalue weighted by molar-refractivity contribution is 0.414. The third-order valence-electron chi connectivity index (χ3n) is 3.02. The topological polar surface area (TPSA) is 39.1 Å². The molecule has 0 fully saturated rings. The maximum atomic E-state index is 5.24. The third-order valence-corrected chi connectivity index (χ3v) is 3.02. The lowest BCUT2D eigenvalue weighted by atomic mass is 10.2. The molecule has 0 unspecified atom stereocenters. The van der Waals surface area contributed by atoms with Crippen LogP contribution in [-0.4, -0.2) is 23.2 Å². The molecule has 0 aliphatic heterocycles. The van der Waals surface area contributed by atoms with Crippen LogP contribution in [0.25, 0.3) is 0 Å². The number of rotatable bonds is 7. The minimum absolute atomic E-state index is 0.797. The van der Waals surface area contributed by atoms with Crippen molar-refractivity contribution in [3.8, 4) is 5.75 Å². The van der Waals surface area contributed by atoms with Crippen LogP contribution in [0.4, 0.5) is 5.95 Å². The molecule has 19 heavy (non-hydrogen) atoms. The highest BCUT2D eigenvalue weighted by atomic mass is 16.5. The monoisotopic (exact) mass is 259 g/mol. The Labute approximate surface area is 114 Å². The minimum atomic E-state index is 0.797. The van der Waals surface area contributed by atoms with Crippen LogP contribution in [0.3, 0.4) is 0 Å². The van der Waals surface area contributed by atoms with Gasteiger partial charge in [0.05, 0.1) is 13.7 Å². The number of ether oxygens (including phenoxy) is 1. The number of nitrogens with zero attached hydrogens (tertiary/aromatic N) is 2. The molecular formula is C15H21N3O. The summed E-state index contributed by atoms with van der Waals surface area (Å²) in [5.41, 5.74) is 1.20. The first-order valence-electron chi connectivity index (χ1n) is 6.71. The van der Waals surface area contributed by atoms with Crippen LogP contribution in [0.2, 0.25) is 0 Å². The molecule has 102 valence electrons. The second-order valence-corrected chi connectivity index (χ2v) is 4.51. The van der Waals surface area contributed by atoms with Gasteiger partial charge in [0.15, 0.2) is 0 Å². The van der Waals surface area contributed by atoms with Crippen LogP contribution in [0.15, 0.2) is 36.7 Å². The van der Waals surface area contributed by atoms with Crippen LogP contribution in [0.5, 0.6) is 5.75 Å². The van der Waals surface area contributed by atoms with Gasteiger partial charge in [-0.1, -0.05) is 25.5 Å². The molecule has 0 aliphatic rings. The number of nitrogens with one attached hydrogen (secondary N) is 1. The molecule has 1 aromatic carbocycles. The molecule has 0 amide bonds. The molecule has 0 bridgehead atoms. The first kappa shape index (κ1) is 13.5. The average molecular weight is 259 g/mol. The van der Waals surface area contributed by atoms with E-state index in [1.165, 1.54) is 12.0 Å². The highest BCUT2D eigenvalue weighted by Gasteiger charge is 2.03. The number of benzene rings is 1. The Morgan fingerprint density at radius 2 is 2.26 bits per heavy atom. The molecule has 0 radical (unpaired) electrons. The van der Waals surface area contributed by atoms with Crippen molar-refractivity contribution in [2.75, 3.05) is 19.0 Å². The second kappa shape index (κ2) is 6.83. The number of hydrogen-bond acceptors (Lipinski definition) is 3. The van der Waals surface area contributed by atoms with Gasteiger partial charge >= 0.3 is 0 Å². The Bertz CT molecular complexity index is 508. The molecule has 4 nitrogen and oxygen atoms in total. The third kappa shape index (κ3) is 3.74. The Morgan fingerprint density at radius 3 is 3.05 bits per heavy atom. The van der Waals surface area contributed by atoms with Gasteiger partial charge in [0.1, 0.15) is 5.75 Å². The van der Waals surface area contributed by atoms with Crippen LogP contribution < -0.4 is 10.1 Å². The van der Waals surface area contributed by atoms with Gasteiger partial charge in [-0.05, 0) is 24.1 Å². The van der Waals surface area contributed by atoms with E-state index in [0.717, 1.165) is 31.2 Å². The molecular weight excluding hydrogens is 238 g/mol. The molecule has 2 rings (SSSR count). The average Bonchev–Trinajstić information content (AvgIpc) is 2.87. The molecule has 4 heteroatoms. The summed E-state index contributed by atoms with van der Waals surface area (Å²) in [6.45, 7) is 3.95. The van der Waals surface area contributed by atoms with Crippen molar-refractivity contribution in [1.29, 1.82) is 0 Å². The van der Waals surface area contributed by atoms with Gasteiger partial charge in [0.25, 0.3) is 0 Å². The summed E-state index contributed by atoms with van der Waals surface area (Å²) in [5.74, 6) is 1.81. The van der Waals surface area contributed by atoms with E-state index in [4.69, 9.17) is 4.74 Å². The van der Waals surface area contributed by atoms with Gasteiger partial charge in [0.2, 0.25) is 5.95 Å². The zero-order chi connectivity index (χ0) is 13.5.